The summed E-state index contributed by atoms with van der Waals surface area (Å²) in [6.07, 6.45) is 1.82. The molecule has 0 saturated carbocycles. The number of primary sulfonamides is 1. The number of nitrogens with two attached hydrogens (primary N) is 1. The molecule has 2 aromatic rings. The number of nitrogens with one attached hydrogen (secondary N) is 2. The van der Waals surface area contributed by atoms with Crippen LogP contribution in [0.4, 0.5) is 5.69 Å². The third-order valence-corrected chi connectivity index (χ3v) is 9.96. The lowest BCUT2D eigenvalue weighted by molar-refractivity contribution is -0.145. The third-order valence-electron chi connectivity index (χ3n) is 9.05. The molecule has 1 aliphatic heterocycles. The quantitative estimate of drug-likeness (QED) is 0.0911. The summed E-state index contributed by atoms with van der Waals surface area (Å²) in [7, 11) is -4.38. The molecule has 1 unspecified atom stereocenters. The van der Waals surface area contributed by atoms with E-state index in [2.05, 4.69) is 10.6 Å². The number of sulfonamides is 1. The minimum Gasteiger partial charge on any atom is -0.480 e. The fourth-order valence-electron chi connectivity index (χ4n) is 6.16. The number of anilines is 1. The number of carboxylic acid groups (broad SMARTS) is 4. The molecule has 0 aromatic heterocycles. The van der Waals surface area contributed by atoms with Crippen molar-refractivity contribution in [3.8, 4) is 11.5 Å². The van der Waals surface area contributed by atoms with E-state index in [9.17, 15) is 52.8 Å². The maximum atomic E-state index is 13.4. The molecule has 310 valence electrons. The highest BCUT2D eigenvalue weighted by atomic mass is 32.2. The SMILES string of the molecule is CCCCNc1cc(C(=O)NCCCC(C(=O)O)N2CCN(CC(=O)O)CCN(CC(=O)O)CCN(CC(=O)O)CC2)cc(S(N)(=O)=O)c1Oc1ccccc1. The third kappa shape index (κ3) is 15.7. The number of nitrogens with zero attached hydrogens (tertiary/aromatic N) is 4. The molecule has 1 amide bonds. The van der Waals surface area contributed by atoms with Crippen LogP contribution in [0.3, 0.4) is 0 Å². The number of para-hydroxylation sites is 1. The lowest BCUT2D eigenvalue weighted by Crippen LogP contribution is -2.51. The Hall–Kier alpha value is -4.86. The Morgan fingerprint density at radius 1 is 0.768 bits per heavy atom. The molecule has 0 bridgehead atoms. The smallest absolute Gasteiger partial charge is 0.320 e. The van der Waals surface area contributed by atoms with Crippen molar-refractivity contribution in [1.82, 2.24) is 24.9 Å². The fraction of sp³-hybridized carbons (Fsp3) is 0.528. The highest BCUT2D eigenvalue weighted by molar-refractivity contribution is 7.89. The molecular weight excluding hydrogens is 754 g/mol. The van der Waals surface area contributed by atoms with Gasteiger partial charge < -0.3 is 35.8 Å². The molecule has 1 saturated heterocycles. The van der Waals surface area contributed by atoms with E-state index in [1.807, 2.05) is 6.92 Å². The van der Waals surface area contributed by atoms with Crippen molar-refractivity contribution in [2.24, 2.45) is 5.14 Å². The maximum Gasteiger partial charge on any atom is 0.320 e. The van der Waals surface area contributed by atoms with Crippen LogP contribution in [0.1, 0.15) is 43.0 Å². The van der Waals surface area contributed by atoms with Gasteiger partial charge in [-0.05, 0) is 43.5 Å². The first-order valence-corrected chi connectivity index (χ1v) is 19.9. The second-order valence-corrected chi connectivity index (χ2v) is 14.9. The molecule has 0 spiro atoms. The lowest BCUT2D eigenvalue weighted by Gasteiger charge is -2.35. The summed E-state index contributed by atoms with van der Waals surface area (Å²) in [5, 5.41) is 50.1. The molecule has 1 fully saturated rings. The van der Waals surface area contributed by atoms with Crippen LogP contribution in [0.15, 0.2) is 47.4 Å². The van der Waals surface area contributed by atoms with Crippen molar-refractivity contribution < 1.29 is 57.6 Å². The van der Waals surface area contributed by atoms with Crippen molar-refractivity contribution >= 4 is 45.5 Å². The maximum absolute atomic E-state index is 13.4. The lowest BCUT2D eigenvalue weighted by atomic mass is 10.1. The number of carbonyl (C=O) groups is 5. The Balaban J connectivity index is 1.79. The van der Waals surface area contributed by atoms with E-state index < -0.39 is 50.7 Å². The fourth-order valence-corrected chi connectivity index (χ4v) is 6.86. The van der Waals surface area contributed by atoms with Crippen molar-refractivity contribution in [3.63, 3.8) is 0 Å². The Labute approximate surface area is 326 Å². The summed E-state index contributed by atoms with van der Waals surface area (Å²) >= 11 is 0. The van der Waals surface area contributed by atoms with Gasteiger partial charge in [-0.15, -0.1) is 0 Å². The topological polar surface area (TPSA) is 273 Å². The second-order valence-electron chi connectivity index (χ2n) is 13.4. The van der Waals surface area contributed by atoms with Gasteiger partial charge in [0, 0.05) is 71.0 Å². The van der Waals surface area contributed by atoms with Gasteiger partial charge in [0.05, 0.1) is 25.3 Å². The number of ether oxygens (including phenoxy) is 1. The average Bonchev–Trinajstić information content (AvgIpc) is 3.11. The summed E-state index contributed by atoms with van der Waals surface area (Å²) in [6, 6.07) is 9.98. The second kappa shape index (κ2) is 22.6. The van der Waals surface area contributed by atoms with Gasteiger partial charge >= 0.3 is 23.9 Å². The van der Waals surface area contributed by atoms with Gasteiger partial charge in [0.2, 0.25) is 10.0 Å². The van der Waals surface area contributed by atoms with E-state index in [4.69, 9.17) is 9.88 Å². The van der Waals surface area contributed by atoms with Gasteiger partial charge in [-0.3, -0.25) is 43.6 Å². The van der Waals surface area contributed by atoms with Crippen LogP contribution in [-0.2, 0) is 29.2 Å². The zero-order chi connectivity index (χ0) is 41.3. The predicted molar refractivity (Wildman–Crippen MR) is 205 cm³/mol. The molecule has 2 aromatic carbocycles. The monoisotopic (exact) mass is 807 g/mol. The Bertz CT molecular complexity index is 1720. The average molecular weight is 808 g/mol. The number of carboxylic acids is 4. The van der Waals surface area contributed by atoms with Crippen molar-refractivity contribution in [2.75, 3.05) is 90.4 Å². The van der Waals surface area contributed by atoms with Crippen LogP contribution in [-0.4, -0.2) is 169 Å². The van der Waals surface area contributed by atoms with E-state index >= 15 is 0 Å². The summed E-state index contributed by atoms with van der Waals surface area (Å²) in [6.45, 7) is 2.66. The predicted octanol–water partition coefficient (Wildman–Crippen LogP) is 0.777. The summed E-state index contributed by atoms with van der Waals surface area (Å²) in [5.74, 6) is -4.81. The summed E-state index contributed by atoms with van der Waals surface area (Å²) in [4.78, 5) is 66.8. The van der Waals surface area contributed by atoms with Gasteiger partial charge in [0.15, 0.2) is 5.75 Å². The number of rotatable bonds is 20. The van der Waals surface area contributed by atoms with Crippen LogP contribution in [0.5, 0.6) is 11.5 Å². The molecule has 1 atom stereocenters. The Morgan fingerprint density at radius 2 is 1.29 bits per heavy atom. The van der Waals surface area contributed by atoms with Gasteiger partial charge in [-0.2, -0.15) is 0 Å². The van der Waals surface area contributed by atoms with Crippen LogP contribution < -0.4 is 20.5 Å². The molecule has 1 aliphatic rings. The van der Waals surface area contributed by atoms with E-state index in [1.54, 1.807) is 49.9 Å². The largest absolute Gasteiger partial charge is 0.480 e. The molecule has 20 heteroatoms. The van der Waals surface area contributed by atoms with E-state index in [0.29, 0.717) is 12.3 Å². The molecule has 0 aliphatic carbocycles. The van der Waals surface area contributed by atoms with Crippen LogP contribution in [0, 0.1) is 0 Å². The molecule has 56 heavy (non-hydrogen) atoms. The van der Waals surface area contributed by atoms with E-state index in [0.717, 1.165) is 18.9 Å². The van der Waals surface area contributed by atoms with E-state index in [1.165, 1.54) is 6.07 Å². The molecular formula is C36H53N7O12S. The number of benzene rings is 2. The zero-order valence-corrected chi connectivity index (χ0v) is 32.3. The normalized spacial score (nSPS) is 16.2. The first-order chi connectivity index (χ1) is 26.6. The first kappa shape index (κ1) is 45.5. The number of aliphatic carboxylic acids is 4. The minimum atomic E-state index is -4.38. The van der Waals surface area contributed by atoms with Crippen molar-refractivity contribution in [2.45, 2.75) is 43.5 Å². The van der Waals surface area contributed by atoms with Gasteiger partial charge in [0.1, 0.15) is 16.7 Å². The van der Waals surface area contributed by atoms with Gasteiger partial charge in [-0.1, -0.05) is 31.5 Å². The number of hydrogen-bond acceptors (Lipinski definition) is 13. The standard InChI is InChI=1S/C36H53N7O12S/c1-2-3-11-38-28-21-26(22-30(56(37,53)54)34(28)55-27-8-5-4-6-9-27)35(50)39-12-7-10-29(36(51)52)43-19-17-41(24-32(46)47)15-13-40(23-31(44)45)14-16-42(18-20-43)25-33(48)49/h4-6,8-9,21-22,29,38H,2-3,7,10-20,23-25H2,1H3,(H,39,50)(H,44,45)(H,46,47)(H,48,49)(H,51,52)(H2,37,53,54). The molecule has 0 radical (unpaired) electrons. The van der Waals surface area contributed by atoms with Gasteiger partial charge in [0.25, 0.3) is 5.91 Å². The van der Waals surface area contributed by atoms with Gasteiger partial charge in [-0.25, -0.2) is 13.6 Å². The Morgan fingerprint density at radius 3 is 1.75 bits per heavy atom. The van der Waals surface area contributed by atoms with Crippen molar-refractivity contribution in [3.05, 3.63) is 48.0 Å². The number of carbonyl (C=O) groups excluding carboxylic acids is 1. The molecule has 19 nitrogen and oxygen atoms in total. The summed E-state index contributed by atoms with van der Waals surface area (Å²) < 4.78 is 31.5. The molecule has 3 rings (SSSR count). The van der Waals surface area contributed by atoms with Crippen molar-refractivity contribution in [1.29, 1.82) is 0 Å². The Kier molecular flexibility index (Phi) is 18.4. The minimum absolute atomic E-state index is 0.0116. The first-order valence-electron chi connectivity index (χ1n) is 18.3. The van der Waals surface area contributed by atoms with Crippen LogP contribution in [0.25, 0.3) is 0 Å². The van der Waals surface area contributed by atoms with E-state index in [-0.39, 0.29) is 108 Å². The zero-order valence-electron chi connectivity index (χ0n) is 31.5. The number of amides is 1. The van der Waals surface area contributed by atoms with Crippen LogP contribution >= 0.6 is 0 Å². The number of unbranched alkanes of at least 4 members (excludes halogenated alkanes) is 1. The highest BCUT2D eigenvalue weighted by Gasteiger charge is 2.28. The molecule has 1 heterocycles. The number of hydrogen-bond donors (Lipinski definition) is 7. The highest BCUT2D eigenvalue weighted by Crippen LogP contribution is 2.37. The summed E-state index contributed by atoms with van der Waals surface area (Å²) in [5.41, 5.74) is 0.217. The molecule has 8 N–H and O–H groups in total. The van der Waals surface area contributed by atoms with Crippen LogP contribution in [0.2, 0.25) is 0 Å².